The number of aliphatic imine (C=N–C) groups is 1. The number of rotatable bonds is 6. The Morgan fingerprint density at radius 3 is 2.77 bits per heavy atom. The highest BCUT2D eigenvalue weighted by Crippen LogP contribution is 2.32. The number of hydrogen-bond donors (Lipinski definition) is 0. The summed E-state index contributed by atoms with van der Waals surface area (Å²) in [5, 5.41) is 10.6. The fourth-order valence-corrected chi connectivity index (χ4v) is 3.95. The Morgan fingerprint density at radius 1 is 1.15 bits per heavy atom. The molecule has 7 heteroatoms. The van der Waals surface area contributed by atoms with E-state index in [1.807, 2.05) is 12.1 Å². The molecule has 2 aliphatic rings. The Labute approximate surface area is 156 Å². The molecular weight excluding hydrogens is 348 g/mol. The maximum absolute atomic E-state index is 5.50. The molecule has 0 saturated heterocycles. The maximum Gasteiger partial charge on any atom is 0.163 e. The third-order valence-electron chi connectivity index (χ3n) is 4.49. The van der Waals surface area contributed by atoms with Crippen LogP contribution in [0.25, 0.3) is 5.57 Å². The average molecular weight is 368 g/mol. The molecule has 0 aliphatic carbocycles. The normalized spacial score (nSPS) is 18.0. The van der Waals surface area contributed by atoms with E-state index >= 15 is 0 Å². The first-order chi connectivity index (χ1) is 12.7. The molecule has 134 valence electrons. The van der Waals surface area contributed by atoms with Gasteiger partial charge in [0, 0.05) is 18.2 Å². The van der Waals surface area contributed by atoms with Crippen LogP contribution in [0.4, 0.5) is 0 Å². The lowest BCUT2D eigenvalue weighted by Gasteiger charge is -2.36. The van der Waals surface area contributed by atoms with Crippen molar-refractivity contribution in [2.45, 2.75) is 25.9 Å². The first-order valence-electron chi connectivity index (χ1n) is 8.48. The molecule has 1 unspecified atom stereocenters. The number of hydrogen-bond acceptors (Lipinski definition) is 7. The summed E-state index contributed by atoms with van der Waals surface area (Å²) in [7, 11) is 3.32. The van der Waals surface area contributed by atoms with Crippen LogP contribution < -0.4 is 9.47 Å². The summed E-state index contributed by atoms with van der Waals surface area (Å²) in [6, 6.07) is 5.94. The standard InChI is InChI=1S/C19H20N4O2S/c1-12-20-16-11-14(9-10-23(12)16)19-22-21-17(26-19)8-7-13-5-4-6-15(24-2)18(13)25-3/h4-6,9-12H,7-8H2,1-3H3. The highest BCUT2D eigenvalue weighted by atomic mass is 32.1. The molecule has 6 nitrogen and oxygen atoms in total. The highest BCUT2D eigenvalue weighted by molar-refractivity contribution is 7.12. The number of ether oxygens (including phenoxy) is 2. The van der Waals surface area contributed by atoms with Crippen LogP contribution in [0.3, 0.4) is 0 Å². The minimum atomic E-state index is 0.238. The average Bonchev–Trinajstić information content (AvgIpc) is 3.13. The van der Waals surface area contributed by atoms with Crippen LogP contribution in [-0.2, 0) is 12.8 Å². The molecule has 0 bridgehead atoms. The number of methoxy groups -OCH3 is 2. The number of allylic oxidation sites excluding steroid dienone is 2. The van der Waals surface area contributed by atoms with Gasteiger partial charge >= 0.3 is 0 Å². The summed E-state index contributed by atoms with van der Waals surface area (Å²) >= 11 is 1.62. The van der Waals surface area contributed by atoms with E-state index in [2.05, 4.69) is 51.4 Å². The van der Waals surface area contributed by atoms with Gasteiger partial charge in [-0.1, -0.05) is 23.5 Å². The first kappa shape index (κ1) is 16.8. The van der Waals surface area contributed by atoms with E-state index in [1.165, 1.54) is 0 Å². The van der Waals surface area contributed by atoms with Gasteiger partial charge in [-0.2, -0.15) is 0 Å². The van der Waals surface area contributed by atoms with Crippen molar-refractivity contribution >= 4 is 22.7 Å². The van der Waals surface area contributed by atoms with E-state index in [0.29, 0.717) is 0 Å². The lowest BCUT2D eigenvalue weighted by Crippen LogP contribution is -2.43. The molecule has 1 aromatic heterocycles. The van der Waals surface area contributed by atoms with Crippen LogP contribution in [0.2, 0.25) is 0 Å². The quantitative estimate of drug-likeness (QED) is 0.783. The van der Waals surface area contributed by atoms with Gasteiger partial charge in [0.25, 0.3) is 0 Å². The summed E-state index contributed by atoms with van der Waals surface area (Å²) in [5.74, 6) is 2.53. The zero-order chi connectivity index (χ0) is 18.1. The molecule has 0 radical (unpaired) electrons. The maximum atomic E-state index is 5.50. The van der Waals surface area contributed by atoms with E-state index in [0.717, 1.165) is 51.3 Å². The smallest absolute Gasteiger partial charge is 0.163 e. The third-order valence-corrected chi connectivity index (χ3v) is 5.52. The van der Waals surface area contributed by atoms with Gasteiger partial charge in [0.1, 0.15) is 22.0 Å². The Balaban J connectivity index is 1.47. The van der Waals surface area contributed by atoms with Gasteiger partial charge in [0.15, 0.2) is 11.5 Å². The molecule has 26 heavy (non-hydrogen) atoms. The summed E-state index contributed by atoms with van der Waals surface area (Å²) in [5.41, 5.74) is 2.17. The summed E-state index contributed by atoms with van der Waals surface area (Å²) in [6.07, 6.45) is 8.07. The summed E-state index contributed by atoms with van der Waals surface area (Å²) < 4.78 is 10.9. The Morgan fingerprint density at radius 2 is 2.04 bits per heavy atom. The van der Waals surface area contributed by atoms with Crippen LogP contribution in [0, 0.1) is 0 Å². The first-order valence-corrected chi connectivity index (χ1v) is 9.30. The second kappa shape index (κ2) is 6.92. The number of nitrogens with zero attached hydrogens (tertiary/aromatic N) is 4. The van der Waals surface area contributed by atoms with Crippen molar-refractivity contribution in [2.75, 3.05) is 14.2 Å². The fourth-order valence-electron chi connectivity index (χ4n) is 3.11. The number of aromatic nitrogens is 2. The van der Waals surface area contributed by atoms with Crippen LogP contribution in [0.15, 0.2) is 41.5 Å². The zero-order valence-electron chi connectivity index (χ0n) is 15.0. The summed E-state index contributed by atoms with van der Waals surface area (Å²) in [4.78, 5) is 6.62. The number of fused-ring (bicyclic) bond motifs is 1. The van der Waals surface area contributed by atoms with Gasteiger partial charge < -0.3 is 14.4 Å². The van der Waals surface area contributed by atoms with E-state index in [9.17, 15) is 0 Å². The number of para-hydroxylation sites is 1. The molecule has 1 aromatic carbocycles. The van der Waals surface area contributed by atoms with Crippen molar-refractivity contribution in [3.8, 4) is 11.5 Å². The Bertz CT molecular complexity index is 916. The number of aryl methyl sites for hydroxylation is 2. The largest absolute Gasteiger partial charge is 0.493 e. The Kier molecular flexibility index (Phi) is 4.46. The molecule has 0 saturated carbocycles. The van der Waals surface area contributed by atoms with Crippen molar-refractivity contribution in [3.05, 3.63) is 52.1 Å². The molecule has 0 amide bonds. The van der Waals surface area contributed by atoms with Crippen molar-refractivity contribution in [3.63, 3.8) is 0 Å². The van der Waals surface area contributed by atoms with Gasteiger partial charge in [0.2, 0.25) is 0 Å². The van der Waals surface area contributed by atoms with Crippen molar-refractivity contribution in [1.29, 1.82) is 0 Å². The minimum absolute atomic E-state index is 0.238. The van der Waals surface area contributed by atoms with E-state index < -0.39 is 0 Å². The van der Waals surface area contributed by atoms with E-state index in [-0.39, 0.29) is 6.17 Å². The van der Waals surface area contributed by atoms with Crippen LogP contribution in [0.1, 0.15) is 22.5 Å². The minimum Gasteiger partial charge on any atom is -0.493 e. The van der Waals surface area contributed by atoms with E-state index in [1.54, 1.807) is 25.6 Å². The second-order valence-corrected chi connectivity index (χ2v) is 7.16. The number of benzene rings is 1. The van der Waals surface area contributed by atoms with E-state index in [4.69, 9.17) is 9.47 Å². The molecule has 0 N–H and O–H groups in total. The highest BCUT2D eigenvalue weighted by Gasteiger charge is 2.26. The second-order valence-electron chi connectivity index (χ2n) is 6.10. The molecule has 3 heterocycles. The topological polar surface area (TPSA) is 59.8 Å². The fraction of sp³-hybridized carbons (Fsp3) is 0.316. The zero-order valence-corrected chi connectivity index (χ0v) is 15.8. The van der Waals surface area contributed by atoms with Gasteiger partial charge in [-0.05, 0) is 37.1 Å². The summed E-state index contributed by atoms with van der Waals surface area (Å²) in [6.45, 7) is 2.07. The predicted molar refractivity (Wildman–Crippen MR) is 103 cm³/mol. The van der Waals surface area contributed by atoms with Gasteiger partial charge in [-0.15, -0.1) is 10.2 Å². The van der Waals surface area contributed by atoms with Crippen LogP contribution in [-0.4, -0.2) is 41.3 Å². The molecule has 4 rings (SSSR count). The number of amidine groups is 1. The third kappa shape index (κ3) is 2.99. The molecule has 2 aliphatic heterocycles. The molecule has 0 fully saturated rings. The Hall–Kier alpha value is -2.67. The molecule has 0 spiro atoms. The van der Waals surface area contributed by atoms with Crippen LogP contribution in [0.5, 0.6) is 11.5 Å². The van der Waals surface area contributed by atoms with Crippen molar-refractivity contribution in [2.24, 2.45) is 4.99 Å². The predicted octanol–water partition coefficient (Wildman–Crippen LogP) is 3.31. The van der Waals surface area contributed by atoms with Gasteiger partial charge in [-0.3, -0.25) is 0 Å². The monoisotopic (exact) mass is 368 g/mol. The SMILES string of the molecule is COc1cccc(CCc2nnc(C3=CC4=NC(C)N4C=C3)s2)c1OC. The lowest BCUT2D eigenvalue weighted by atomic mass is 10.1. The molecule has 1 atom stereocenters. The van der Waals surface area contributed by atoms with Crippen molar-refractivity contribution < 1.29 is 9.47 Å². The molecule has 2 aromatic rings. The van der Waals surface area contributed by atoms with Crippen molar-refractivity contribution in [1.82, 2.24) is 15.1 Å². The van der Waals surface area contributed by atoms with Crippen LogP contribution >= 0.6 is 11.3 Å². The van der Waals surface area contributed by atoms with Gasteiger partial charge in [-0.25, -0.2) is 4.99 Å². The molecular formula is C19H20N4O2S. The lowest BCUT2D eigenvalue weighted by molar-refractivity contribution is 0.351. The van der Waals surface area contributed by atoms with Gasteiger partial charge in [0.05, 0.1) is 14.2 Å².